The van der Waals surface area contributed by atoms with Crippen LogP contribution in [0.3, 0.4) is 0 Å². The fraction of sp³-hybridized carbons (Fsp3) is 0.125. The van der Waals surface area contributed by atoms with E-state index >= 15 is 0 Å². The van der Waals surface area contributed by atoms with Gasteiger partial charge in [-0.2, -0.15) is 0 Å². The standard InChI is InChI=1S/C24H20Cl2N2S2/c25-20-5-1-18(2-6-20)16-29-24(15-28-14-13-27-17-28)19-3-9-22(10-4-19)30-23-11-7-21(26)8-12-23/h1-14,17,24H,15-16H2. The van der Waals surface area contributed by atoms with Gasteiger partial charge in [-0.05, 0) is 59.7 Å². The summed E-state index contributed by atoms with van der Waals surface area (Å²) in [4.78, 5) is 6.58. The SMILES string of the molecule is Clc1ccc(CSC(Cn2ccnc2)c2ccc(Sc3ccc(Cl)cc3)cc2)cc1. The van der Waals surface area contributed by atoms with Crippen molar-refractivity contribution in [2.24, 2.45) is 0 Å². The number of hydrogen-bond acceptors (Lipinski definition) is 3. The van der Waals surface area contributed by atoms with Crippen LogP contribution in [0, 0.1) is 0 Å². The molecular weight excluding hydrogens is 451 g/mol. The summed E-state index contributed by atoms with van der Waals surface area (Å²) >= 11 is 15.7. The summed E-state index contributed by atoms with van der Waals surface area (Å²) in [5.74, 6) is 0.928. The summed E-state index contributed by atoms with van der Waals surface area (Å²) in [7, 11) is 0. The van der Waals surface area contributed by atoms with E-state index in [1.165, 1.54) is 20.9 Å². The van der Waals surface area contributed by atoms with Crippen LogP contribution in [0.4, 0.5) is 0 Å². The largest absolute Gasteiger partial charge is 0.336 e. The number of aromatic nitrogens is 2. The smallest absolute Gasteiger partial charge is 0.0946 e. The molecule has 0 fully saturated rings. The van der Waals surface area contributed by atoms with Gasteiger partial charge in [0.15, 0.2) is 0 Å². The van der Waals surface area contributed by atoms with Gasteiger partial charge >= 0.3 is 0 Å². The Morgan fingerprint density at radius 1 is 0.800 bits per heavy atom. The number of imidazole rings is 1. The van der Waals surface area contributed by atoms with Crippen molar-refractivity contribution >= 4 is 46.7 Å². The molecule has 0 aliphatic rings. The molecule has 3 aromatic carbocycles. The lowest BCUT2D eigenvalue weighted by Gasteiger charge is -2.18. The quantitative estimate of drug-likeness (QED) is 0.259. The third kappa shape index (κ3) is 6.08. The van der Waals surface area contributed by atoms with E-state index < -0.39 is 0 Å². The van der Waals surface area contributed by atoms with E-state index in [0.29, 0.717) is 5.25 Å². The molecule has 0 saturated heterocycles. The number of halogens is 2. The Kier molecular flexibility index (Phi) is 7.45. The Morgan fingerprint density at radius 3 is 2.00 bits per heavy atom. The van der Waals surface area contributed by atoms with Crippen molar-refractivity contribution in [3.05, 3.63) is 113 Å². The van der Waals surface area contributed by atoms with E-state index in [1.807, 2.05) is 66.9 Å². The average Bonchev–Trinajstić information content (AvgIpc) is 3.28. The molecule has 1 atom stereocenters. The molecular formula is C24H20Cl2N2S2. The summed E-state index contributed by atoms with van der Waals surface area (Å²) in [6.07, 6.45) is 5.72. The van der Waals surface area contributed by atoms with Crippen LogP contribution in [0.1, 0.15) is 16.4 Å². The monoisotopic (exact) mass is 470 g/mol. The molecule has 1 heterocycles. The van der Waals surface area contributed by atoms with Gasteiger partial charge in [-0.1, -0.05) is 59.2 Å². The summed E-state index contributed by atoms with van der Waals surface area (Å²) < 4.78 is 2.13. The van der Waals surface area contributed by atoms with Crippen molar-refractivity contribution in [1.82, 2.24) is 9.55 Å². The highest BCUT2D eigenvalue weighted by Gasteiger charge is 2.14. The second-order valence-corrected chi connectivity index (χ2v) is 10.0. The Hall–Kier alpha value is -1.85. The lowest BCUT2D eigenvalue weighted by Crippen LogP contribution is -2.05. The number of rotatable bonds is 8. The Balaban J connectivity index is 1.47. The highest BCUT2D eigenvalue weighted by molar-refractivity contribution is 7.99. The molecule has 4 aromatic rings. The van der Waals surface area contributed by atoms with Gasteiger partial charge in [-0.15, -0.1) is 11.8 Å². The predicted molar refractivity (Wildman–Crippen MR) is 130 cm³/mol. The fourth-order valence-corrected chi connectivity index (χ4v) is 5.29. The second kappa shape index (κ2) is 10.5. The van der Waals surface area contributed by atoms with Crippen molar-refractivity contribution in [1.29, 1.82) is 0 Å². The Morgan fingerprint density at radius 2 is 1.40 bits per heavy atom. The van der Waals surface area contributed by atoms with Crippen LogP contribution in [-0.2, 0) is 12.3 Å². The van der Waals surface area contributed by atoms with E-state index in [9.17, 15) is 0 Å². The van der Waals surface area contributed by atoms with E-state index in [4.69, 9.17) is 23.2 Å². The maximum absolute atomic E-state index is 6.02. The van der Waals surface area contributed by atoms with Crippen molar-refractivity contribution in [3.63, 3.8) is 0 Å². The summed E-state index contributed by atoms with van der Waals surface area (Å²) in [6, 6.07) is 24.9. The summed E-state index contributed by atoms with van der Waals surface area (Å²) in [6.45, 7) is 0.877. The first-order valence-corrected chi connectivity index (χ1v) is 12.1. The number of thioether (sulfide) groups is 1. The van der Waals surface area contributed by atoms with E-state index in [0.717, 1.165) is 22.3 Å². The first-order valence-electron chi connectivity index (χ1n) is 9.51. The van der Waals surface area contributed by atoms with Crippen molar-refractivity contribution < 1.29 is 0 Å². The van der Waals surface area contributed by atoms with E-state index in [2.05, 4.69) is 45.9 Å². The lowest BCUT2D eigenvalue weighted by atomic mass is 10.1. The highest BCUT2D eigenvalue weighted by Crippen LogP contribution is 2.35. The van der Waals surface area contributed by atoms with Crippen molar-refractivity contribution in [3.8, 4) is 0 Å². The molecule has 0 aliphatic heterocycles. The molecule has 2 nitrogen and oxygen atoms in total. The Labute approximate surface area is 195 Å². The Bertz CT molecular complexity index is 1050. The molecule has 0 N–H and O–H groups in total. The van der Waals surface area contributed by atoms with Crippen LogP contribution in [0.5, 0.6) is 0 Å². The molecule has 1 unspecified atom stereocenters. The minimum Gasteiger partial charge on any atom is -0.336 e. The van der Waals surface area contributed by atoms with Gasteiger partial charge in [0, 0.05) is 49.8 Å². The number of nitrogens with zero attached hydrogens (tertiary/aromatic N) is 2. The lowest BCUT2D eigenvalue weighted by molar-refractivity contribution is 0.683. The molecule has 30 heavy (non-hydrogen) atoms. The molecule has 152 valence electrons. The molecule has 0 saturated carbocycles. The van der Waals surface area contributed by atoms with Crippen LogP contribution in [0.2, 0.25) is 10.0 Å². The molecule has 0 radical (unpaired) electrons. The van der Waals surface area contributed by atoms with Crippen LogP contribution in [0.25, 0.3) is 0 Å². The van der Waals surface area contributed by atoms with Crippen LogP contribution in [-0.4, -0.2) is 9.55 Å². The van der Waals surface area contributed by atoms with Crippen LogP contribution < -0.4 is 0 Å². The normalized spacial score (nSPS) is 12.1. The topological polar surface area (TPSA) is 17.8 Å². The fourth-order valence-electron chi connectivity index (χ4n) is 3.01. The molecule has 0 spiro atoms. The highest BCUT2D eigenvalue weighted by atomic mass is 35.5. The zero-order valence-electron chi connectivity index (χ0n) is 16.1. The number of hydrogen-bond donors (Lipinski definition) is 0. The molecule has 0 amide bonds. The number of benzene rings is 3. The third-order valence-corrected chi connectivity index (χ3v) is 7.44. The summed E-state index contributed by atoms with van der Waals surface area (Å²) in [5, 5.41) is 1.85. The van der Waals surface area contributed by atoms with Gasteiger partial charge < -0.3 is 4.57 Å². The molecule has 6 heteroatoms. The van der Waals surface area contributed by atoms with Crippen molar-refractivity contribution in [2.45, 2.75) is 27.3 Å². The average molecular weight is 471 g/mol. The third-order valence-electron chi connectivity index (χ3n) is 4.60. The van der Waals surface area contributed by atoms with Gasteiger partial charge in [0.2, 0.25) is 0 Å². The summed E-state index contributed by atoms with van der Waals surface area (Å²) in [5.41, 5.74) is 2.58. The minimum absolute atomic E-state index is 0.324. The first kappa shape index (κ1) is 21.4. The molecule has 4 rings (SSSR count). The van der Waals surface area contributed by atoms with Gasteiger partial charge in [0.05, 0.1) is 6.33 Å². The maximum Gasteiger partial charge on any atom is 0.0946 e. The maximum atomic E-state index is 6.02. The van der Waals surface area contributed by atoms with Crippen LogP contribution in [0.15, 0.2) is 101 Å². The van der Waals surface area contributed by atoms with Gasteiger partial charge in [0.25, 0.3) is 0 Å². The van der Waals surface area contributed by atoms with Crippen molar-refractivity contribution in [2.75, 3.05) is 0 Å². The van der Waals surface area contributed by atoms with Crippen LogP contribution >= 0.6 is 46.7 Å². The first-order chi connectivity index (χ1) is 14.7. The van der Waals surface area contributed by atoms with Gasteiger partial charge in [-0.25, -0.2) is 4.98 Å². The second-order valence-electron chi connectivity index (χ2n) is 6.81. The van der Waals surface area contributed by atoms with E-state index in [1.54, 1.807) is 11.8 Å². The predicted octanol–water partition coefficient (Wildman–Crippen LogP) is 8.02. The minimum atomic E-state index is 0.324. The zero-order valence-corrected chi connectivity index (χ0v) is 19.3. The molecule has 0 bridgehead atoms. The van der Waals surface area contributed by atoms with Gasteiger partial charge in [-0.3, -0.25) is 0 Å². The zero-order chi connectivity index (χ0) is 20.8. The van der Waals surface area contributed by atoms with Gasteiger partial charge in [0.1, 0.15) is 0 Å². The molecule has 1 aromatic heterocycles. The molecule has 0 aliphatic carbocycles. The van der Waals surface area contributed by atoms with E-state index in [-0.39, 0.29) is 0 Å².